The Morgan fingerprint density at radius 3 is 2.53 bits per heavy atom. The minimum Gasteiger partial charge on any atom is -0.459 e. The molecule has 92 valence electrons. The molecular weight excluding hydrogens is 218 g/mol. The third-order valence-corrected chi connectivity index (χ3v) is 3.38. The molecule has 0 aromatic carbocycles. The molecule has 1 N–H and O–H groups in total. The number of amides is 1. The van der Waals surface area contributed by atoms with Gasteiger partial charge in [0, 0.05) is 12.0 Å². The zero-order valence-corrected chi connectivity index (χ0v) is 9.94. The lowest BCUT2D eigenvalue weighted by molar-refractivity contribution is -0.121. The van der Waals surface area contributed by atoms with Crippen LogP contribution in [0.15, 0.2) is 22.8 Å². The number of nitrogens with one attached hydrogen (secondary N) is 1. The number of ketones is 1. The van der Waals surface area contributed by atoms with E-state index in [-0.39, 0.29) is 23.7 Å². The highest BCUT2D eigenvalue weighted by atomic mass is 16.3. The van der Waals surface area contributed by atoms with Crippen LogP contribution in [0, 0.1) is 5.92 Å². The van der Waals surface area contributed by atoms with E-state index in [1.54, 1.807) is 19.1 Å². The van der Waals surface area contributed by atoms with Gasteiger partial charge in [-0.1, -0.05) is 0 Å². The number of hydrogen-bond acceptors (Lipinski definition) is 3. The maximum Gasteiger partial charge on any atom is 0.287 e. The molecule has 0 radical (unpaired) electrons. The lowest BCUT2D eigenvalue weighted by Gasteiger charge is -2.27. The summed E-state index contributed by atoms with van der Waals surface area (Å²) < 4.78 is 5.03. The van der Waals surface area contributed by atoms with Crippen molar-refractivity contribution in [1.29, 1.82) is 0 Å². The van der Waals surface area contributed by atoms with Crippen molar-refractivity contribution in [3.05, 3.63) is 24.2 Å². The van der Waals surface area contributed by atoms with E-state index in [9.17, 15) is 9.59 Å². The Morgan fingerprint density at radius 2 is 2.00 bits per heavy atom. The zero-order valence-electron chi connectivity index (χ0n) is 9.94. The largest absolute Gasteiger partial charge is 0.459 e. The van der Waals surface area contributed by atoms with Crippen LogP contribution in [0.2, 0.25) is 0 Å². The van der Waals surface area contributed by atoms with Crippen molar-refractivity contribution in [3.8, 4) is 0 Å². The Balaban J connectivity index is 1.82. The molecule has 17 heavy (non-hydrogen) atoms. The van der Waals surface area contributed by atoms with Gasteiger partial charge in [-0.2, -0.15) is 0 Å². The first-order valence-corrected chi connectivity index (χ1v) is 6.01. The normalized spacial score (nSPS) is 24.3. The predicted octanol–water partition coefficient (Wildman–Crippen LogP) is 2.16. The topological polar surface area (TPSA) is 59.3 Å². The first kappa shape index (κ1) is 11.9. The summed E-state index contributed by atoms with van der Waals surface area (Å²) in [4.78, 5) is 22.9. The molecule has 0 spiro atoms. The molecule has 2 rings (SSSR count). The van der Waals surface area contributed by atoms with Crippen LogP contribution in [0.4, 0.5) is 0 Å². The predicted molar refractivity (Wildman–Crippen MR) is 62.6 cm³/mol. The summed E-state index contributed by atoms with van der Waals surface area (Å²) in [5.74, 6) is 0.632. The van der Waals surface area contributed by atoms with Crippen molar-refractivity contribution >= 4 is 11.7 Å². The fourth-order valence-electron chi connectivity index (χ4n) is 2.31. The number of carbonyl (C=O) groups is 2. The second kappa shape index (κ2) is 5.17. The Morgan fingerprint density at radius 1 is 1.29 bits per heavy atom. The summed E-state index contributed by atoms with van der Waals surface area (Å²) in [6.45, 7) is 1.65. The zero-order chi connectivity index (χ0) is 12.3. The van der Waals surface area contributed by atoms with Gasteiger partial charge in [0.25, 0.3) is 5.91 Å². The molecular formula is C13H17NO3. The van der Waals surface area contributed by atoms with E-state index in [1.165, 1.54) is 6.26 Å². The van der Waals surface area contributed by atoms with Gasteiger partial charge in [0.15, 0.2) is 5.76 Å². The van der Waals surface area contributed by atoms with Crippen LogP contribution in [0.3, 0.4) is 0 Å². The van der Waals surface area contributed by atoms with Gasteiger partial charge >= 0.3 is 0 Å². The summed E-state index contributed by atoms with van der Waals surface area (Å²) in [7, 11) is 0. The molecule has 1 saturated carbocycles. The van der Waals surface area contributed by atoms with Crippen LogP contribution < -0.4 is 5.32 Å². The molecule has 0 atom stereocenters. The Labute approximate surface area is 100 Å². The van der Waals surface area contributed by atoms with Gasteiger partial charge in [0.2, 0.25) is 0 Å². The Hall–Kier alpha value is -1.58. The second-order valence-corrected chi connectivity index (χ2v) is 4.61. The number of furan rings is 1. The van der Waals surface area contributed by atoms with Crippen molar-refractivity contribution in [3.63, 3.8) is 0 Å². The SMILES string of the molecule is CC(=O)C1CCC(NC(=O)c2ccco2)CC1. The summed E-state index contributed by atoms with van der Waals surface area (Å²) in [5.41, 5.74) is 0. The maximum atomic E-state index is 11.7. The fraction of sp³-hybridized carbons (Fsp3) is 0.538. The summed E-state index contributed by atoms with van der Waals surface area (Å²) in [6.07, 6.45) is 4.98. The van der Waals surface area contributed by atoms with Gasteiger partial charge < -0.3 is 9.73 Å². The van der Waals surface area contributed by atoms with Gasteiger partial charge in [-0.05, 0) is 44.7 Å². The number of hydrogen-bond donors (Lipinski definition) is 1. The monoisotopic (exact) mass is 235 g/mol. The van der Waals surface area contributed by atoms with Gasteiger partial charge in [-0.3, -0.25) is 9.59 Å². The highest BCUT2D eigenvalue weighted by molar-refractivity contribution is 5.91. The molecule has 0 aliphatic heterocycles. The Bertz CT molecular complexity index is 389. The van der Waals surface area contributed by atoms with Gasteiger partial charge in [-0.15, -0.1) is 0 Å². The van der Waals surface area contributed by atoms with Crippen LogP contribution >= 0.6 is 0 Å². The van der Waals surface area contributed by atoms with Crippen molar-refractivity contribution in [1.82, 2.24) is 5.32 Å². The van der Waals surface area contributed by atoms with Crippen LogP contribution in [-0.2, 0) is 4.79 Å². The first-order chi connectivity index (χ1) is 8.16. The molecule has 0 unspecified atom stereocenters. The molecule has 4 nitrogen and oxygen atoms in total. The summed E-state index contributed by atoms with van der Waals surface area (Å²) in [5, 5.41) is 2.94. The lowest BCUT2D eigenvalue weighted by atomic mass is 9.84. The summed E-state index contributed by atoms with van der Waals surface area (Å²) in [6, 6.07) is 3.51. The van der Waals surface area contributed by atoms with Crippen molar-refractivity contribution < 1.29 is 14.0 Å². The standard InChI is InChI=1S/C13H17NO3/c1-9(15)10-4-6-11(7-5-10)14-13(16)12-3-2-8-17-12/h2-3,8,10-11H,4-7H2,1H3,(H,14,16). The van der Waals surface area contributed by atoms with E-state index in [1.807, 2.05) is 0 Å². The third-order valence-electron chi connectivity index (χ3n) is 3.38. The first-order valence-electron chi connectivity index (χ1n) is 6.01. The molecule has 1 heterocycles. The molecule has 1 aromatic heterocycles. The van der Waals surface area contributed by atoms with Gasteiger partial charge in [0.05, 0.1) is 6.26 Å². The van der Waals surface area contributed by atoms with Crippen molar-refractivity contribution in [2.45, 2.75) is 38.6 Å². The van der Waals surface area contributed by atoms with Gasteiger partial charge in [-0.25, -0.2) is 0 Å². The van der Waals surface area contributed by atoms with Crippen LogP contribution in [0.5, 0.6) is 0 Å². The van der Waals surface area contributed by atoms with E-state index in [0.717, 1.165) is 25.7 Å². The van der Waals surface area contributed by atoms with Crippen LogP contribution in [0.1, 0.15) is 43.2 Å². The van der Waals surface area contributed by atoms with Crippen molar-refractivity contribution in [2.75, 3.05) is 0 Å². The van der Waals surface area contributed by atoms with E-state index < -0.39 is 0 Å². The maximum absolute atomic E-state index is 11.7. The molecule has 0 saturated heterocycles. The molecule has 1 aliphatic rings. The molecule has 1 aliphatic carbocycles. The molecule has 1 fully saturated rings. The van der Waals surface area contributed by atoms with E-state index in [0.29, 0.717) is 5.76 Å². The third kappa shape index (κ3) is 2.96. The fourth-order valence-corrected chi connectivity index (χ4v) is 2.31. The molecule has 1 amide bonds. The lowest BCUT2D eigenvalue weighted by Crippen LogP contribution is -2.38. The quantitative estimate of drug-likeness (QED) is 0.873. The number of carbonyl (C=O) groups excluding carboxylic acids is 2. The van der Waals surface area contributed by atoms with Crippen LogP contribution in [-0.4, -0.2) is 17.7 Å². The van der Waals surface area contributed by atoms with E-state index >= 15 is 0 Å². The van der Waals surface area contributed by atoms with E-state index in [2.05, 4.69) is 5.32 Å². The van der Waals surface area contributed by atoms with Crippen LogP contribution in [0.25, 0.3) is 0 Å². The minimum atomic E-state index is -0.165. The smallest absolute Gasteiger partial charge is 0.287 e. The molecule has 0 bridgehead atoms. The molecule has 1 aromatic rings. The second-order valence-electron chi connectivity index (χ2n) is 4.61. The van der Waals surface area contributed by atoms with E-state index in [4.69, 9.17) is 4.42 Å². The molecule has 4 heteroatoms. The number of Topliss-reactive ketones (excluding diaryl/α,β-unsaturated/α-hetero) is 1. The van der Waals surface area contributed by atoms with Gasteiger partial charge in [0.1, 0.15) is 5.78 Å². The minimum absolute atomic E-state index is 0.165. The Kier molecular flexibility index (Phi) is 3.61. The average molecular weight is 235 g/mol. The highest BCUT2D eigenvalue weighted by Crippen LogP contribution is 2.25. The average Bonchev–Trinajstić information content (AvgIpc) is 2.83. The van der Waals surface area contributed by atoms with Crippen molar-refractivity contribution in [2.24, 2.45) is 5.92 Å². The highest BCUT2D eigenvalue weighted by Gasteiger charge is 2.25. The number of rotatable bonds is 3. The summed E-state index contributed by atoms with van der Waals surface area (Å²) >= 11 is 0.